The Morgan fingerprint density at radius 1 is 0.864 bits per heavy atom. The van der Waals surface area contributed by atoms with Crippen molar-refractivity contribution in [1.82, 2.24) is 0 Å². The summed E-state index contributed by atoms with van der Waals surface area (Å²) in [6.45, 7) is 1.27. The molecule has 0 radical (unpaired) electrons. The van der Waals surface area contributed by atoms with Crippen molar-refractivity contribution >= 4 is 0 Å². The third-order valence-electron chi connectivity index (χ3n) is 3.19. The van der Waals surface area contributed by atoms with Gasteiger partial charge in [-0.1, -0.05) is 18.2 Å². The van der Waals surface area contributed by atoms with Gasteiger partial charge in [0.25, 0.3) is 0 Å². The number of aryl methyl sites for hydroxylation is 1. The SMILES string of the molecule is Cc1cc(C(F)(C(F)(F)F)C(F)(F)F)ccc1-c1ccco1. The van der Waals surface area contributed by atoms with Crippen molar-refractivity contribution in [3.63, 3.8) is 0 Å². The number of hydrogen-bond donors (Lipinski definition) is 0. The molecule has 0 fully saturated rings. The number of benzene rings is 1. The van der Waals surface area contributed by atoms with E-state index in [-0.39, 0.29) is 16.9 Å². The summed E-state index contributed by atoms with van der Waals surface area (Å²) in [5.74, 6) is 0.257. The summed E-state index contributed by atoms with van der Waals surface area (Å²) in [6, 6.07) is 4.95. The van der Waals surface area contributed by atoms with Crippen LogP contribution >= 0.6 is 0 Å². The number of hydrogen-bond acceptors (Lipinski definition) is 1. The van der Waals surface area contributed by atoms with Gasteiger partial charge < -0.3 is 4.42 Å². The second-order valence-electron chi connectivity index (χ2n) is 4.66. The number of furan rings is 1. The van der Waals surface area contributed by atoms with E-state index < -0.39 is 23.6 Å². The lowest BCUT2D eigenvalue weighted by atomic mass is 9.91. The first kappa shape index (κ1) is 16.4. The lowest BCUT2D eigenvalue weighted by Crippen LogP contribution is -2.50. The van der Waals surface area contributed by atoms with E-state index in [9.17, 15) is 30.7 Å². The Labute approximate surface area is 120 Å². The molecule has 0 unspecified atom stereocenters. The van der Waals surface area contributed by atoms with Crippen LogP contribution in [0.4, 0.5) is 30.7 Å². The Bertz CT molecular complexity index is 639. The lowest BCUT2D eigenvalue weighted by molar-refractivity contribution is -0.348. The lowest BCUT2D eigenvalue weighted by Gasteiger charge is -2.30. The first-order chi connectivity index (χ1) is 9.98. The molecule has 0 N–H and O–H groups in total. The van der Waals surface area contributed by atoms with Gasteiger partial charge in [0.1, 0.15) is 5.76 Å². The van der Waals surface area contributed by atoms with E-state index in [1.807, 2.05) is 0 Å². The van der Waals surface area contributed by atoms with Crippen LogP contribution in [0.15, 0.2) is 41.0 Å². The molecule has 22 heavy (non-hydrogen) atoms. The highest BCUT2D eigenvalue weighted by atomic mass is 19.4. The fourth-order valence-corrected chi connectivity index (χ4v) is 2.07. The van der Waals surface area contributed by atoms with Crippen LogP contribution in [0.3, 0.4) is 0 Å². The van der Waals surface area contributed by atoms with E-state index in [1.54, 1.807) is 0 Å². The molecule has 1 nitrogen and oxygen atoms in total. The summed E-state index contributed by atoms with van der Waals surface area (Å²) in [5, 5.41) is 0. The largest absolute Gasteiger partial charge is 0.464 e. The highest BCUT2D eigenvalue weighted by Gasteiger charge is 2.73. The van der Waals surface area contributed by atoms with Gasteiger partial charge in [-0.05, 0) is 24.6 Å². The van der Waals surface area contributed by atoms with Crippen LogP contribution in [-0.2, 0) is 5.67 Å². The summed E-state index contributed by atoms with van der Waals surface area (Å²) in [7, 11) is 0. The Kier molecular flexibility index (Phi) is 3.75. The number of halogens is 7. The normalized spacial score (nSPS) is 13.5. The highest BCUT2D eigenvalue weighted by molar-refractivity contribution is 5.62. The smallest absolute Gasteiger partial charge is 0.435 e. The first-order valence-corrected chi connectivity index (χ1v) is 5.96. The average Bonchev–Trinajstić information content (AvgIpc) is 2.88. The molecule has 0 bridgehead atoms. The minimum atomic E-state index is -6.12. The Hall–Kier alpha value is -1.99. The molecule has 1 aromatic carbocycles. The van der Waals surface area contributed by atoms with Gasteiger partial charge >= 0.3 is 18.0 Å². The minimum absolute atomic E-state index is 0.0305. The zero-order valence-corrected chi connectivity index (χ0v) is 11.0. The van der Waals surface area contributed by atoms with E-state index >= 15 is 0 Å². The summed E-state index contributed by atoms with van der Waals surface area (Å²) in [5.41, 5.74) is -6.63. The zero-order chi connectivity index (χ0) is 16.8. The van der Waals surface area contributed by atoms with Crippen molar-refractivity contribution in [2.75, 3.05) is 0 Å². The van der Waals surface area contributed by atoms with Gasteiger partial charge in [0.15, 0.2) is 0 Å². The average molecular weight is 326 g/mol. The number of rotatable bonds is 2. The predicted molar refractivity (Wildman–Crippen MR) is 63.8 cm³/mol. The topological polar surface area (TPSA) is 13.1 Å². The van der Waals surface area contributed by atoms with Crippen LogP contribution < -0.4 is 0 Å². The van der Waals surface area contributed by atoms with Crippen molar-refractivity contribution in [3.05, 3.63) is 47.7 Å². The van der Waals surface area contributed by atoms with E-state index in [1.165, 1.54) is 25.3 Å². The second kappa shape index (κ2) is 5.03. The molecule has 0 saturated carbocycles. The van der Waals surface area contributed by atoms with Crippen molar-refractivity contribution in [2.24, 2.45) is 0 Å². The highest BCUT2D eigenvalue weighted by Crippen LogP contribution is 2.53. The Balaban J connectivity index is 2.59. The minimum Gasteiger partial charge on any atom is -0.464 e. The fourth-order valence-electron chi connectivity index (χ4n) is 2.07. The van der Waals surface area contributed by atoms with Gasteiger partial charge in [0.05, 0.1) is 6.26 Å². The molecule has 1 aromatic heterocycles. The van der Waals surface area contributed by atoms with Crippen molar-refractivity contribution < 1.29 is 35.2 Å². The third kappa shape index (κ3) is 2.46. The maximum atomic E-state index is 13.9. The van der Waals surface area contributed by atoms with E-state index in [4.69, 9.17) is 4.42 Å². The van der Waals surface area contributed by atoms with Crippen LogP contribution in [-0.4, -0.2) is 12.4 Å². The molecule has 0 saturated heterocycles. The van der Waals surface area contributed by atoms with Crippen LogP contribution in [0.25, 0.3) is 11.3 Å². The second-order valence-corrected chi connectivity index (χ2v) is 4.66. The Morgan fingerprint density at radius 3 is 1.86 bits per heavy atom. The molecular formula is C14H9F7O. The summed E-state index contributed by atoms with van der Waals surface area (Å²) < 4.78 is 95.0. The van der Waals surface area contributed by atoms with Crippen molar-refractivity contribution in [2.45, 2.75) is 24.9 Å². The van der Waals surface area contributed by atoms with Crippen LogP contribution in [0.1, 0.15) is 11.1 Å². The monoisotopic (exact) mass is 326 g/mol. The van der Waals surface area contributed by atoms with Gasteiger partial charge in [-0.15, -0.1) is 0 Å². The third-order valence-corrected chi connectivity index (χ3v) is 3.19. The fraction of sp³-hybridized carbons (Fsp3) is 0.286. The quantitative estimate of drug-likeness (QED) is 0.660. The van der Waals surface area contributed by atoms with E-state index in [2.05, 4.69) is 0 Å². The van der Waals surface area contributed by atoms with Crippen molar-refractivity contribution in [3.8, 4) is 11.3 Å². The molecular weight excluding hydrogens is 317 g/mol. The molecule has 8 heteroatoms. The standard InChI is InChI=1S/C14H9F7O/c1-8-7-9(4-5-10(8)11-3-2-6-22-11)12(15,13(16,17)18)14(19,20)21/h2-7H,1H3. The van der Waals surface area contributed by atoms with Gasteiger partial charge in [-0.3, -0.25) is 0 Å². The molecule has 0 amide bonds. The summed E-state index contributed by atoms with van der Waals surface area (Å²) in [4.78, 5) is 0. The molecule has 0 atom stereocenters. The van der Waals surface area contributed by atoms with Gasteiger partial charge in [-0.2, -0.15) is 26.3 Å². The predicted octanol–water partition coefficient (Wildman–Crippen LogP) is 5.54. The molecule has 120 valence electrons. The molecule has 0 aliphatic rings. The molecule has 1 heterocycles. The van der Waals surface area contributed by atoms with Crippen molar-refractivity contribution in [1.29, 1.82) is 0 Å². The number of alkyl halides is 7. The zero-order valence-electron chi connectivity index (χ0n) is 11.0. The van der Waals surface area contributed by atoms with Gasteiger partial charge in [0, 0.05) is 11.1 Å². The van der Waals surface area contributed by atoms with Crippen LogP contribution in [0, 0.1) is 6.92 Å². The van der Waals surface area contributed by atoms with Crippen LogP contribution in [0.2, 0.25) is 0 Å². The van der Waals surface area contributed by atoms with Gasteiger partial charge in [-0.25, -0.2) is 4.39 Å². The Morgan fingerprint density at radius 2 is 1.45 bits per heavy atom. The summed E-state index contributed by atoms with van der Waals surface area (Å²) in [6.07, 6.45) is -10.9. The maximum absolute atomic E-state index is 13.9. The molecule has 2 rings (SSSR count). The molecule has 0 spiro atoms. The summed E-state index contributed by atoms with van der Waals surface area (Å²) >= 11 is 0. The van der Waals surface area contributed by atoms with E-state index in [0.717, 1.165) is 6.07 Å². The van der Waals surface area contributed by atoms with Crippen LogP contribution in [0.5, 0.6) is 0 Å². The molecule has 2 aromatic rings. The molecule has 0 aliphatic carbocycles. The van der Waals surface area contributed by atoms with Gasteiger partial charge in [0.2, 0.25) is 0 Å². The first-order valence-electron chi connectivity index (χ1n) is 5.96. The molecule has 0 aliphatic heterocycles. The van der Waals surface area contributed by atoms with E-state index in [0.29, 0.717) is 12.1 Å². The maximum Gasteiger partial charge on any atom is 0.435 e.